The standard InChI is InChI=1S/6C22H26O/c4*1-21(2,3)19-13-16-12-11-15-9-7-8-10-17(15)18(16)14-20(19)23-22(4,5)6;2*1-21(2,3)18-14-13-16-12-11-15-9-7-8-10-17(15)19(16)20(18)23-22(4,5)6/h6*7-14H,1-6H3. The smallest absolute Gasteiger partial charge is 0.132 e. The first-order valence-electron chi connectivity index (χ1n) is 49.8. The van der Waals surface area contributed by atoms with Gasteiger partial charge in [-0.3, -0.25) is 0 Å². The third-order valence-electron chi connectivity index (χ3n) is 24.4. The maximum Gasteiger partial charge on any atom is 0.132 e. The highest BCUT2D eigenvalue weighted by Gasteiger charge is 2.32. The molecule has 0 N–H and O–H groups in total. The molecule has 0 saturated heterocycles. The zero-order valence-electron chi connectivity index (χ0n) is 90.2. The lowest BCUT2D eigenvalue weighted by atomic mass is 9.84. The lowest BCUT2D eigenvalue weighted by Crippen LogP contribution is -2.25. The van der Waals surface area contributed by atoms with Gasteiger partial charge in [-0.15, -0.1) is 0 Å². The Hall–Kier alpha value is -12.1. The molecular formula is C132H156O6. The summed E-state index contributed by atoms with van der Waals surface area (Å²) in [6.45, 7) is 78.3. The van der Waals surface area contributed by atoms with Crippen molar-refractivity contribution in [3.63, 3.8) is 0 Å². The maximum atomic E-state index is 6.48. The molecule has 0 heterocycles. The van der Waals surface area contributed by atoms with E-state index in [-0.39, 0.29) is 66.1 Å². The van der Waals surface area contributed by atoms with E-state index in [1.54, 1.807) is 0 Å². The van der Waals surface area contributed by atoms with Crippen LogP contribution in [-0.4, -0.2) is 33.6 Å². The van der Waals surface area contributed by atoms with E-state index in [0.717, 1.165) is 34.5 Å². The van der Waals surface area contributed by atoms with Crippen LogP contribution >= 0.6 is 0 Å². The van der Waals surface area contributed by atoms with Crippen LogP contribution in [-0.2, 0) is 32.5 Å². The Morgan fingerprint density at radius 2 is 0.290 bits per heavy atom. The minimum atomic E-state index is -0.231. The molecule has 0 aliphatic heterocycles. The van der Waals surface area contributed by atoms with Crippen molar-refractivity contribution in [2.75, 3.05) is 0 Å². The summed E-state index contributed by atoms with van der Waals surface area (Å²) in [6, 6.07) is 105. The Labute approximate surface area is 826 Å². The van der Waals surface area contributed by atoms with Crippen molar-refractivity contribution in [2.24, 2.45) is 0 Å². The second kappa shape index (κ2) is 38.9. The van der Waals surface area contributed by atoms with E-state index in [1.807, 2.05) is 0 Å². The lowest BCUT2D eigenvalue weighted by molar-refractivity contribution is 0.127. The lowest BCUT2D eigenvalue weighted by Gasteiger charge is -2.30. The summed E-state index contributed by atoms with van der Waals surface area (Å²) in [5, 5.41) is 30.3. The molecule has 6 nitrogen and oxygen atoms in total. The topological polar surface area (TPSA) is 55.4 Å². The minimum Gasteiger partial charge on any atom is -0.488 e. The number of hydrogen-bond donors (Lipinski definition) is 0. The number of ether oxygens (including phenoxy) is 6. The molecule has 6 heteroatoms. The monoisotopic (exact) mass is 1840 g/mol. The SMILES string of the molecule is CC(C)(C)Oc1c(C(C)(C)C)ccc2ccc3ccccc3c12.CC(C)(C)Oc1c(C(C)(C)C)ccc2ccc3ccccc3c12.CC(C)(C)Oc1cc2c(ccc3ccccc32)cc1C(C)(C)C.CC(C)(C)Oc1cc2c(ccc3ccccc32)cc1C(C)(C)C.CC(C)(C)Oc1cc2c(ccc3ccccc32)cc1C(C)(C)C.CC(C)(C)Oc1cc2c(ccc3ccccc32)cc1C(C)(C)C. The summed E-state index contributed by atoms with van der Waals surface area (Å²) in [6.07, 6.45) is 0. The molecule has 0 unspecified atom stereocenters. The first-order chi connectivity index (χ1) is 63.9. The summed E-state index contributed by atoms with van der Waals surface area (Å²) < 4.78 is 38.2. The molecule has 0 aromatic heterocycles. The molecule has 18 aromatic carbocycles. The Morgan fingerprint density at radius 1 is 0.130 bits per heavy atom. The molecule has 0 aliphatic carbocycles. The van der Waals surface area contributed by atoms with Gasteiger partial charge in [-0.25, -0.2) is 0 Å². The average Bonchev–Trinajstić information content (AvgIpc) is 0.782. The highest BCUT2D eigenvalue weighted by atomic mass is 16.5. The van der Waals surface area contributed by atoms with E-state index < -0.39 is 0 Å². The molecule has 138 heavy (non-hydrogen) atoms. The van der Waals surface area contributed by atoms with Gasteiger partial charge in [-0.2, -0.15) is 0 Å². The van der Waals surface area contributed by atoms with Gasteiger partial charge in [-0.1, -0.05) is 367 Å². The molecule has 0 spiro atoms. The second-order valence-corrected chi connectivity index (χ2v) is 49.9. The maximum absolute atomic E-state index is 6.48. The summed E-state index contributed by atoms with van der Waals surface area (Å²) >= 11 is 0. The number of hydrogen-bond acceptors (Lipinski definition) is 6. The molecule has 0 fully saturated rings. The van der Waals surface area contributed by atoms with Crippen LogP contribution in [0.4, 0.5) is 0 Å². The first-order valence-corrected chi connectivity index (χ1v) is 49.8. The number of benzene rings is 18. The van der Waals surface area contributed by atoms with Crippen molar-refractivity contribution in [1.29, 1.82) is 0 Å². The van der Waals surface area contributed by atoms with Gasteiger partial charge in [0.15, 0.2) is 0 Å². The molecule has 0 saturated carbocycles. The van der Waals surface area contributed by atoms with Crippen LogP contribution in [0.1, 0.15) is 283 Å². The van der Waals surface area contributed by atoms with Crippen LogP contribution in [0.15, 0.2) is 291 Å². The molecule has 0 aliphatic rings. The van der Waals surface area contributed by atoms with Crippen LogP contribution in [0.3, 0.4) is 0 Å². The summed E-state index contributed by atoms with van der Waals surface area (Å²) in [4.78, 5) is 0. The Morgan fingerprint density at radius 3 is 0.478 bits per heavy atom. The van der Waals surface area contributed by atoms with Gasteiger partial charge < -0.3 is 28.4 Å². The van der Waals surface area contributed by atoms with Gasteiger partial charge in [0.05, 0.1) is 0 Å². The van der Waals surface area contributed by atoms with Crippen LogP contribution < -0.4 is 28.4 Å². The molecule has 18 rings (SSSR count). The van der Waals surface area contributed by atoms with Gasteiger partial charge in [0, 0.05) is 44.2 Å². The predicted molar refractivity (Wildman–Crippen MR) is 603 cm³/mol. The van der Waals surface area contributed by atoms with Gasteiger partial charge >= 0.3 is 0 Å². The normalized spacial score (nSPS) is 12.8. The van der Waals surface area contributed by atoms with E-state index in [1.165, 1.54) is 163 Å². The third-order valence-corrected chi connectivity index (χ3v) is 24.4. The van der Waals surface area contributed by atoms with Crippen molar-refractivity contribution < 1.29 is 28.4 Å². The van der Waals surface area contributed by atoms with Crippen LogP contribution in [0.25, 0.3) is 129 Å². The van der Waals surface area contributed by atoms with Gasteiger partial charge in [-0.05, 0) is 324 Å². The second-order valence-electron chi connectivity index (χ2n) is 49.9. The van der Waals surface area contributed by atoms with Gasteiger partial charge in [0.2, 0.25) is 0 Å². The zero-order chi connectivity index (χ0) is 101. The van der Waals surface area contributed by atoms with Crippen LogP contribution in [0, 0.1) is 0 Å². The number of rotatable bonds is 6. The summed E-state index contributed by atoms with van der Waals surface area (Å²) in [7, 11) is 0. The molecule has 720 valence electrons. The predicted octanol–water partition coefficient (Wildman–Crippen LogP) is 38.8. The van der Waals surface area contributed by atoms with E-state index >= 15 is 0 Å². The molecule has 0 atom stereocenters. The summed E-state index contributed by atoms with van der Waals surface area (Å²) in [5.41, 5.74) is 6.49. The molecule has 18 aromatic rings. The molecule has 0 bridgehead atoms. The van der Waals surface area contributed by atoms with Crippen molar-refractivity contribution in [2.45, 2.75) is 315 Å². The van der Waals surface area contributed by atoms with Crippen LogP contribution in [0.5, 0.6) is 34.5 Å². The Kier molecular flexibility index (Phi) is 29.1. The summed E-state index contributed by atoms with van der Waals surface area (Å²) in [5.74, 6) is 6.03. The largest absolute Gasteiger partial charge is 0.488 e. The van der Waals surface area contributed by atoms with Gasteiger partial charge in [0.25, 0.3) is 0 Å². The first kappa shape index (κ1) is 103. The van der Waals surface area contributed by atoms with Crippen LogP contribution in [0.2, 0.25) is 0 Å². The highest BCUT2D eigenvalue weighted by molar-refractivity contribution is 6.15. The van der Waals surface area contributed by atoms with Crippen molar-refractivity contribution in [1.82, 2.24) is 0 Å². The quantitative estimate of drug-likeness (QED) is 0.155. The zero-order valence-corrected chi connectivity index (χ0v) is 90.2. The fourth-order valence-electron chi connectivity index (χ4n) is 18.3. The Balaban J connectivity index is 0.000000140. The average molecular weight is 1840 g/mol. The molecular weight excluding hydrogens is 1680 g/mol. The van der Waals surface area contributed by atoms with Gasteiger partial charge in [0.1, 0.15) is 68.1 Å². The fourth-order valence-corrected chi connectivity index (χ4v) is 18.3. The molecule has 0 amide bonds. The molecule has 0 radical (unpaired) electrons. The van der Waals surface area contributed by atoms with E-state index in [9.17, 15) is 0 Å². The number of fused-ring (bicyclic) bond motifs is 18. The van der Waals surface area contributed by atoms with Crippen molar-refractivity contribution in [3.8, 4) is 34.5 Å². The van der Waals surface area contributed by atoms with Crippen molar-refractivity contribution in [3.05, 3.63) is 325 Å². The van der Waals surface area contributed by atoms with E-state index in [0.29, 0.717) is 0 Å². The van der Waals surface area contributed by atoms with E-state index in [4.69, 9.17) is 28.4 Å². The minimum absolute atomic E-state index is 0.0335. The van der Waals surface area contributed by atoms with Crippen molar-refractivity contribution >= 4 is 129 Å². The fraction of sp³-hybridized carbons (Fsp3) is 0.364. The van der Waals surface area contributed by atoms with E-state index in [2.05, 4.69) is 540 Å². The Bertz CT molecular complexity index is 6730. The highest BCUT2D eigenvalue weighted by Crippen LogP contribution is 2.49. The third kappa shape index (κ3) is 25.3.